The monoisotopic (exact) mass is 383 g/mol. The molecule has 8 heteroatoms. The van der Waals surface area contributed by atoms with E-state index in [0.717, 1.165) is 30.9 Å². The average molecular weight is 384 g/mol. The first-order chi connectivity index (χ1) is 12.4. The number of sulfonamides is 1. The number of nitrogens with zero attached hydrogens (tertiary/aromatic N) is 3. The predicted molar refractivity (Wildman–Crippen MR) is 103 cm³/mol. The smallest absolute Gasteiger partial charge is 0.224 e. The van der Waals surface area contributed by atoms with Gasteiger partial charge in [-0.2, -0.15) is 0 Å². The van der Waals surface area contributed by atoms with Crippen molar-refractivity contribution in [3.63, 3.8) is 0 Å². The average Bonchev–Trinajstić information content (AvgIpc) is 2.64. The summed E-state index contributed by atoms with van der Waals surface area (Å²) in [5, 5.41) is 0. The van der Waals surface area contributed by atoms with Crippen molar-refractivity contribution in [3.8, 4) is 5.75 Å². The maximum atomic E-state index is 12.5. The second-order valence-electron chi connectivity index (χ2n) is 6.45. The van der Waals surface area contributed by atoms with E-state index in [0.29, 0.717) is 19.6 Å². The number of amides is 1. The number of anilines is 1. The van der Waals surface area contributed by atoms with Crippen LogP contribution in [0.5, 0.6) is 5.75 Å². The van der Waals surface area contributed by atoms with Gasteiger partial charge in [-0.05, 0) is 18.6 Å². The summed E-state index contributed by atoms with van der Waals surface area (Å²) >= 11 is 0. The molecule has 2 rings (SSSR count). The highest BCUT2D eigenvalue weighted by Gasteiger charge is 2.24. The molecule has 0 N–H and O–H groups in total. The topological polar surface area (TPSA) is 70.2 Å². The highest BCUT2D eigenvalue weighted by molar-refractivity contribution is 7.88. The minimum atomic E-state index is -3.27. The summed E-state index contributed by atoms with van der Waals surface area (Å²) in [5.41, 5.74) is 1.04. The molecule has 146 valence electrons. The molecule has 0 aliphatic carbocycles. The summed E-state index contributed by atoms with van der Waals surface area (Å²) in [4.78, 5) is 16.5. The first-order valence-corrected chi connectivity index (χ1v) is 10.8. The molecule has 1 aromatic rings. The van der Waals surface area contributed by atoms with Gasteiger partial charge in [0.05, 0.1) is 19.1 Å². The molecule has 7 nitrogen and oxygen atoms in total. The van der Waals surface area contributed by atoms with Gasteiger partial charge in [0.1, 0.15) is 5.75 Å². The van der Waals surface area contributed by atoms with Gasteiger partial charge in [-0.15, -0.1) is 0 Å². The molecule has 0 bridgehead atoms. The van der Waals surface area contributed by atoms with E-state index in [1.54, 1.807) is 7.11 Å². The van der Waals surface area contributed by atoms with Gasteiger partial charge in [-0.3, -0.25) is 4.79 Å². The largest absolute Gasteiger partial charge is 0.495 e. The first kappa shape index (κ1) is 20.5. The summed E-state index contributed by atoms with van der Waals surface area (Å²) in [7, 11) is -1.61. The number of hydrogen-bond acceptors (Lipinski definition) is 5. The van der Waals surface area contributed by atoms with Gasteiger partial charge >= 0.3 is 0 Å². The lowest BCUT2D eigenvalue weighted by molar-refractivity contribution is -0.131. The van der Waals surface area contributed by atoms with Crippen molar-refractivity contribution >= 4 is 21.6 Å². The molecular formula is C18H29N3O4S. The van der Waals surface area contributed by atoms with Gasteiger partial charge in [-0.1, -0.05) is 19.1 Å². The number of ether oxygens (including phenoxy) is 1. The molecule has 1 aliphatic rings. The van der Waals surface area contributed by atoms with Gasteiger partial charge in [0, 0.05) is 45.7 Å². The summed E-state index contributed by atoms with van der Waals surface area (Å²) in [6.45, 7) is 5.35. The van der Waals surface area contributed by atoms with Gasteiger partial charge in [-0.25, -0.2) is 12.7 Å². The molecule has 0 saturated carbocycles. The SMILES string of the molecule is CCCN(CCC(=O)N1CCN(c2ccccc2OC)CC1)S(C)(=O)=O. The Kier molecular flexibility index (Phi) is 7.28. The van der Waals surface area contributed by atoms with Crippen LogP contribution in [0, 0.1) is 0 Å². The number of carbonyl (C=O) groups is 1. The zero-order valence-corrected chi connectivity index (χ0v) is 16.7. The lowest BCUT2D eigenvalue weighted by Crippen LogP contribution is -2.49. The maximum Gasteiger partial charge on any atom is 0.224 e. The van der Waals surface area contributed by atoms with E-state index < -0.39 is 10.0 Å². The number of carbonyl (C=O) groups excluding carboxylic acids is 1. The number of rotatable bonds is 8. The van der Waals surface area contributed by atoms with E-state index in [9.17, 15) is 13.2 Å². The van der Waals surface area contributed by atoms with E-state index in [2.05, 4.69) is 4.90 Å². The highest BCUT2D eigenvalue weighted by atomic mass is 32.2. The minimum absolute atomic E-state index is 0.00873. The molecule has 1 amide bonds. The third kappa shape index (κ3) is 5.35. The Morgan fingerprint density at radius 1 is 1.15 bits per heavy atom. The summed E-state index contributed by atoms with van der Waals surface area (Å²) in [6, 6.07) is 7.86. The van der Waals surface area contributed by atoms with E-state index in [1.807, 2.05) is 36.1 Å². The van der Waals surface area contributed by atoms with E-state index >= 15 is 0 Å². The van der Waals surface area contributed by atoms with E-state index in [1.165, 1.54) is 10.6 Å². The second kappa shape index (κ2) is 9.23. The lowest BCUT2D eigenvalue weighted by atomic mass is 10.2. The number of piperazine rings is 1. The normalized spacial score (nSPS) is 15.4. The number of hydrogen-bond donors (Lipinski definition) is 0. The molecule has 1 heterocycles. The summed E-state index contributed by atoms with van der Waals surface area (Å²) in [5.74, 6) is 0.838. The van der Waals surface area contributed by atoms with Gasteiger partial charge in [0.2, 0.25) is 15.9 Å². The second-order valence-corrected chi connectivity index (χ2v) is 8.43. The zero-order chi connectivity index (χ0) is 19.2. The number of methoxy groups -OCH3 is 1. The van der Waals surface area contributed by atoms with Crippen LogP contribution in [0.4, 0.5) is 5.69 Å². The molecule has 0 spiro atoms. The number of benzene rings is 1. The molecule has 0 aromatic heterocycles. The third-order valence-electron chi connectivity index (χ3n) is 4.58. The van der Waals surface area contributed by atoms with Crippen molar-refractivity contribution in [2.75, 3.05) is 57.5 Å². The molecule has 0 unspecified atom stereocenters. The van der Waals surface area contributed by atoms with Gasteiger partial charge in [0.25, 0.3) is 0 Å². The fourth-order valence-electron chi connectivity index (χ4n) is 3.16. The van der Waals surface area contributed by atoms with E-state index in [-0.39, 0.29) is 18.9 Å². The van der Waals surface area contributed by atoms with Crippen LogP contribution >= 0.6 is 0 Å². The van der Waals surface area contributed by atoms with Crippen molar-refractivity contribution in [1.29, 1.82) is 0 Å². The van der Waals surface area contributed by atoms with Crippen LogP contribution in [-0.4, -0.2) is 76.2 Å². The Morgan fingerprint density at radius 3 is 2.38 bits per heavy atom. The van der Waals surface area contributed by atoms with Crippen molar-refractivity contribution < 1.29 is 17.9 Å². The Morgan fingerprint density at radius 2 is 1.81 bits per heavy atom. The Balaban J connectivity index is 1.88. The molecular weight excluding hydrogens is 354 g/mol. The molecule has 1 aromatic carbocycles. The molecule has 0 atom stereocenters. The van der Waals surface area contributed by atoms with Gasteiger partial charge < -0.3 is 14.5 Å². The van der Waals surface area contributed by atoms with Crippen LogP contribution in [0.1, 0.15) is 19.8 Å². The predicted octanol–water partition coefficient (Wildman–Crippen LogP) is 1.41. The quantitative estimate of drug-likeness (QED) is 0.679. The van der Waals surface area contributed by atoms with Crippen LogP contribution < -0.4 is 9.64 Å². The van der Waals surface area contributed by atoms with Crippen molar-refractivity contribution in [2.45, 2.75) is 19.8 Å². The Bertz CT molecular complexity index is 700. The van der Waals surface area contributed by atoms with Crippen molar-refractivity contribution in [2.24, 2.45) is 0 Å². The molecule has 1 saturated heterocycles. The third-order valence-corrected chi connectivity index (χ3v) is 5.88. The Hall–Kier alpha value is -1.80. The zero-order valence-electron chi connectivity index (χ0n) is 15.8. The first-order valence-electron chi connectivity index (χ1n) is 8.97. The molecule has 1 fully saturated rings. The highest BCUT2D eigenvalue weighted by Crippen LogP contribution is 2.28. The maximum absolute atomic E-state index is 12.5. The summed E-state index contributed by atoms with van der Waals surface area (Å²) in [6.07, 6.45) is 2.15. The Labute approximate surface area is 156 Å². The van der Waals surface area contributed by atoms with Crippen LogP contribution in [0.15, 0.2) is 24.3 Å². The standard InChI is InChI=1S/C18H29N3O4S/c1-4-10-21(26(3,23)24)11-9-18(22)20-14-12-19(13-15-20)16-7-5-6-8-17(16)25-2/h5-8H,4,9-15H2,1-3H3. The van der Waals surface area contributed by atoms with Crippen LogP contribution in [0.2, 0.25) is 0 Å². The van der Waals surface area contributed by atoms with Crippen LogP contribution in [-0.2, 0) is 14.8 Å². The molecule has 0 radical (unpaired) electrons. The van der Waals surface area contributed by atoms with E-state index in [4.69, 9.17) is 4.74 Å². The van der Waals surface area contributed by atoms with Crippen LogP contribution in [0.25, 0.3) is 0 Å². The van der Waals surface area contributed by atoms with Crippen molar-refractivity contribution in [3.05, 3.63) is 24.3 Å². The van der Waals surface area contributed by atoms with Gasteiger partial charge in [0.15, 0.2) is 0 Å². The molecule has 1 aliphatic heterocycles. The molecule has 26 heavy (non-hydrogen) atoms. The summed E-state index contributed by atoms with van der Waals surface area (Å²) < 4.78 is 30.3. The lowest BCUT2D eigenvalue weighted by Gasteiger charge is -2.37. The van der Waals surface area contributed by atoms with Crippen molar-refractivity contribution in [1.82, 2.24) is 9.21 Å². The minimum Gasteiger partial charge on any atom is -0.495 e. The van der Waals surface area contributed by atoms with Crippen LogP contribution in [0.3, 0.4) is 0 Å². The fraction of sp³-hybridized carbons (Fsp3) is 0.611. The fourth-order valence-corrected chi connectivity index (χ4v) is 4.10. The number of para-hydroxylation sites is 2.